The van der Waals surface area contributed by atoms with Crippen molar-refractivity contribution < 1.29 is 0 Å². The number of aryl methyl sites for hydroxylation is 3. The van der Waals surface area contributed by atoms with Crippen LogP contribution in [0.15, 0.2) is 29.2 Å². The van der Waals surface area contributed by atoms with Gasteiger partial charge in [0.05, 0.1) is 5.69 Å². The normalized spacial score (nSPS) is 10.8. The maximum Gasteiger partial charge on any atom is 0.274 e. The predicted octanol–water partition coefficient (Wildman–Crippen LogP) is 2.73. The van der Waals surface area contributed by atoms with E-state index in [0.29, 0.717) is 0 Å². The summed E-state index contributed by atoms with van der Waals surface area (Å²) >= 11 is 0. The average molecular weight is 230 g/mol. The Morgan fingerprint density at radius 3 is 2.65 bits per heavy atom. The van der Waals surface area contributed by atoms with Crippen molar-refractivity contribution >= 4 is 0 Å². The fourth-order valence-electron chi connectivity index (χ4n) is 1.91. The molecule has 0 fully saturated rings. The van der Waals surface area contributed by atoms with Crippen LogP contribution in [0.1, 0.15) is 30.0 Å². The molecule has 1 heterocycles. The summed E-state index contributed by atoms with van der Waals surface area (Å²) in [6.45, 7) is 6.20. The van der Waals surface area contributed by atoms with Crippen LogP contribution in [-0.2, 0) is 6.42 Å². The van der Waals surface area contributed by atoms with Gasteiger partial charge >= 0.3 is 0 Å². The van der Waals surface area contributed by atoms with Crippen molar-refractivity contribution in [3.63, 3.8) is 0 Å². The minimum atomic E-state index is 0.0649. The quantitative estimate of drug-likeness (QED) is 0.865. The number of rotatable bonds is 3. The summed E-state index contributed by atoms with van der Waals surface area (Å²) < 4.78 is 1.61. The zero-order valence-electron chi connectivity index (χ0n) is 10.6. The van der Waals surface area contributed by atoms with Crippen LogP contribution in [0, 0.1) is 13.8 Å². The lowest BCUT2D eigenvalue weighted by atomic mass is 10.1. The van der Waals surface area contributed by atoms with Crippen molar-refractivity contribution in [2.24, 2.45) is 0 Å². The topological polar surface area (TPSA) is 37.8 Å². The first-order valence-electron chi connectivity index (χ1n) is 6.00. The molecular formula is C14H18N2O. The molecule has 0 saturated carbocycles. The van der Waals surface area contributed by atoms with Gasteiger partial charge in [-0.1, -0.05) is 19.4 Å². The van der Waals surface area contributed by atoms with Gasteiger partial charge in [0.2, 0.25) is 0 Å². The highest BCUT2D eigenvalue weighted by Gasteiger charge is 2.07. The van der Waals surface area contributed by atoms with Crippen LogP contribution < -0.4 is 5.56 Å². The molecule has 3 nitrogen and oxygen atoms in total. The molecule has 0 spiro atoms. The van der Waals surface area contributed by atoms with Gasteiger partial charge in [0.25, 0.3) is 5.56 Å². The smallest absolute Gasteiger partial charge is 0.274 e. The van der Waals surface area contributed by atoms with Crippen LogP contribution in [0.25, 0.3) is 5.69 Å². The Morgan fingerprint density at radius 2 is 2.00 bits per heavy atom. The van der Waals surface area contributed by atoms with Gasteiger partial charge in [-0.25, -0.2) is 4.68 Å². The summed E-state index contributed by atoms with van der Waals surface area (Å²) in [5.41, 5.74) is 4.25. The summed E-state index contributed by atoms with van der Waals surface area (Å²) in [4.78, 5) is 12.1. The van der Waals surface area contributed by atoms with E-state index in [-0.39, 0.29) is 5.56 Å². The maximum absolute atomic E-state index is 12.1. The molecule has 90 valence electrons. The molecule has 17 heavy (non-hydrogen) atoms. The lowest BCUT2D eigenvalue weighted by Gasteiger charge is -2.05. The van der Waals surface area contributed by atoms with Gasteiger partial charge in [0.1, 0.15) is 0 Å². The molecule has 0 aliphatic carbocycles. The van der Waals surface area contributed by atoms with Gasteiger partial charge in [0, 0.05) is 11.8 Å². The Balaban J connectivity index is 2.46. The first-order valence-corrected chi connectivity index (χ1v) is 6.00. The van der Waals surface area contributed by atoms with E-state index in [1.807, 2.05) is 18.2 Å². The Morgan fingerprint density at radius 1 is 1.24 bits per heavy atom. The van der Waals surface area contributed by atoms with E-state index in [1.165, 1.54) is 11.1 Å². The summed E-state index contributed by atoms with van der Waals surface area (Å²) in [6, 6.07) is 6.04. The predicted molar refractivity (Wildman–Crippen MR) is 69.9 cm³/mol. The van der Waals surface area contributed by atoms with Crippen LogP contribution >= 0.6 is 0 Å². The third-order valence-electron chi connectivity index (χ3n) is 3.11. The zero-order chi connectivity index (χ0) is 12.4. The molecule has 0 amide bonds. The Kier molecular flexibility index (Phi) is 3.18. The number of benzene rings is 1. The second kappa shape index (κ2) is 4.62. The fourth-order valence-corrected chi connectivity index (χ4v) is 1.91. The van der Waals surface area contributed by atoms with E-state index in [1.54, 1.807) is 10.9 Å². The number of aromatic nitrogens is 2. The molecule has 0 radical (unpaired) electrons. The molecule has 0 atom stereocenters. The van der Waals surface area contributed by atoms with Crippen molar-refractivity contribution in [3.8, 4) is 5.69 Å². The monoisotopic (exact) mass is 230 g/mol. The largest absolute Gasteiger partial charge is 0.298 e. The summed E-state index contributed by atoms with van der Waals surface area (Å²) in [6.07, 6.45) is 3.62. The molecule has 0 aliphatic heterocycles. The van der Waals surface area contributed by atoms with E-state index < -0.39 is 0 Å². The standard InChI is InChI=1S/C14H18N2O/c1-4-5-12-9-15-16(14(12)17)13-7-6-10(2)11(3)8-13/h6-9,15H,4-5H2,1-3H3. The van der Waals surface area contributed by atoms with Crippen LogP contribution in [-0.4, -0.2) is 9.78 Å². The molecule has 2 aromatic rings. The van der Waals surface area contributed by atoms with Crippen LogP contribution in [0.5, 0.6) is 0 Å². The number of nitrogens with one attached hydrogen (secondary N) is 1. The molecular weight excluding hydrogens is 212 g/mol. The number of hydrogen-bond donors (Lipinski definition) is 1. The van der Waals surface area contributed by atoms with Crippen LogP contribution in [0.3, 0.4) is 0 Å². The van der Waals surface area contributed by atoms with Crippen LogP contribution in [0.4, 0.5) is 0 Å². The number of nitrogens with zero attached hydrogens (tertiary/aromatic N) is 1. The van der Waals surface area contributed by atoms with Gasteiger partial charge in [-0.3, -0.25) is 9.89 Å². The van der Waals surface area contributed by atoms with Gasteiger partial charge in [0.15, 0.2) is 0 Å². The van der Waals surface area contributed by atoms with Gasteiger partial charge < -0.3 is 0 Å². The first-order chi connectivity index (χ1) is 8.13. The first kappa shape index (κ1) is 11.7. The van der Waals surface area contributed by atoms with E-state index >= 15 is 0 Å². The molecule has 0 unspecified atom stereocenters. The molecule has 3 heteroatoms. The highest BCUT2D eigenvalue weighted by Crippen LogP contribution is 2.12. The molecule has 1 N–H and O–H groups in total. The van der Waals surface area contributed by atoms with Crippen LogP contribution in [0.2, 0.25) is 0 Å². The third-order valence-corrected chi connectivity index (χ3v) is 3.11. The fraction of sp³-hybridized carbons (Fsp3) is 0.357. The van der Waals surface area contributed by atoms with Crippen molar-refractivity contribution in [2.75, 3.05) is 0 Å². The van der Waals surface area contributed by atoms with E-state index in [0.717, 1.165) is 24.1 Å². The molecule has 2 rings (SSSR count). The molecule has 0 bridgehead atoms. The highest BCUT2D eigenvalue weighted by molar-refractivity contribution is 5.39. The second-order valence-corrected chi connectivity index (χ2v) is 4.46. The van der Waals surface area contributed by atoms with Crippen molar-refractivity contribution in [1.29, 1.82) is 0 Å². The van der Waals surface area contributed by atoms with Gasteiger partial charge in [-0.2, -0.15) is 0 Å². The maximum atomic E-state index is 12.1. The lowest BCUT2D eigenvalue weighted by Crippen LogP contribution is -2.17. The minimum absolute atomic E-state index is 0.0649. The van der Waals surface area contributed by atoms with Gasteiger partial charge in [-0.15, -0.1) is 0 Å². The Labute approximate surface area is 101 Å². The van der Waals surface area contributed by atoms with Crippen molar-refractivity contribution in [2.45, 2.75) is 33.6 Å². The summed E-state index contributed by atoms with van der Waals surface area (Å²) in [5, 5.41) is 3.03. The van der Waals surface area contributed by atoms with E-state index in [2.05, 4.69) is 25.9 Å². The summed E-state index contributed by atoms with van der Waals surface area (Å²) in [7, 11) is 0. The lowest BCUT2D eigenvalue weighted by molar-refractivity contribution is 0.839. The van der Waals surface area contributed by atoms with Gasteiger partial charge in [-0.05, 0) is 43.5 Å². The third kappa shape index (κ3) is 2.18. The van der Waals surface area contributed by atoms with Crippen molar-refractivity contribution in [3.05, 3.63) is 51.4 Å². The highest BCUT2D eigenvalue weighted by atomic mass is 16.1. The van der Waals surface area contributed by atoms with E-state index in [9.17, 15) is 4.79 Å². The number of H-pyrrole nitrogens is 1. The minimum Gasteiger partial charge on any atom is -0.298 e. The Bertz CT molecular complexity index is 578. The molecule has 0 aliphatic rings. The van der Waals surface area contributed by atoms with E-state index in [4.69, 9.17) is 0 Å². The number of hydrogen-bond acceptors (Lipinski definition) is 1. The Hall–Kier alpha value is -1.77. The SMILES string of the molecule is CCCc1c[nH]n(-c2ccc(C)c(C)c2)c1=O. The molecule has 1 aromatic heterocycles. The zero-order valence-corrected chi connectivity index (χ0v) is 10.6. The average Bonchev–Trinajstić information content (AvgIpc) is 2.66. The second-order valence-electron chi connectivity index (χ2n) is 4.46. The number of aromatic amines is 1. The van der Waals surface area contributed by atoms with Crippen molar-refractivity contribution in [1.82, 2.24) is 9.78 Å². The summed E-state index contributed by atoms with van der Waals surface area (Å²) in [5.74, 6) is 0. The molecule has 1 aromatic carbocycles. The molecule has 0 saturated heterocycles.